The van der Waals surface area contributed by atoms with Crippen LogP contribution in [0.25, 0.3) is 0 Å². The second-order valence-corrected chi connectivity index (χ2v) is 3.07. The molecule has 1 N–H and O–H groups in total. The van der Waals surface area contributed by atoms with Crippen LogP contribution in [0.3, 0.4) is 0 Å². The van der Waals surface area contributed by atoms with E-state index in [2.05, 4.69) is 11.9 Å². The molecule has 0 atom stereocenters. The average Bonchev–Trinajstić information content (AvgIpc) is 2.27. The van der Waals surface area contributed by atoms with E-state index in [1.54, 1.807) is 19.1 Å². The fraction of sp³-hybridized carbons (Fsp3) is 0.364. The Kier molecular flexibility index (Phi) is 7.79. The molecule has 0 saturated carbocycles. The molecule has 0 aromatic heterocycles. The van der Waals surface area contributed by atoms with Gasteiger partial charge in [0, 0.05) is 26.4 Å². The Morgan fingerprint density at radius 3 is 2.75 bits per heavy atom. The molecule has 0 aliphatic carbocycles. The lowest BCUT2D eigenvalue weighted by molar-refractivity contribution is -0.108. The highest BCUT2D eigenvalue weighted by atomic mass is 19.1. The first-order valence-electron chi connectivity index (χ1n) is 4.73. The molecule has 0 aliphatic heterocycles. The predicted molar refractivity (Wildman–Crippen MR) is 61.2 cm³/mol. The monoisotopic (exact) mass is 228 g/mol. The molecule has 0 spiro atoms. The normalized spacial score (nSPS) is 11.6. The Hall–Kier alpha value is -1.62. The van der Waals surface area contributed by atoms with E-state index in [1.807, 2.05) is 0 Å². The Labute approximate surface area is 95.1 Å². The number of hydrogen-bond acceptors (Lipinski definition) is 3. The van der Waals surface area contributed by atoms with Crippen LogP contribution in [0.5, 0.6) is 0 Å². The molecule has 0 heterocycles. The van der Waals surface area contributed by atoms with E-state index in [9.17, 15) is 9.18 Å². The van der Waals surface area contributed by atoms with E-state index in [0.29, 0.717) is 37.3 Å². The van der Waals surface area contributed by atoms with Crippen LogP contribution in [0.2, 0.25) is 0 Å². The summed E-state index contributed by atoms with van der Waals surface area (Å²) in [6.07, 6.45) is 4.04. The van der Waals surface area contributed by atoms with Gasteiger partial charge in [-0.05, 0) is 12.2 Å². The fourth-order valence-electron chi connectivity index (χ4n) is 0.914. The van der Waals surface area contributed by atoms with Crippen molar-refractivity contribution in [3.05, 3.63) is 36.5 Å². The first kappa shape index (κ1) is 14.4. The average molecular weight is 228 g/mol. The largest absolute Gasteiger partial charge is 0.383 e. The Morgan fingerprint density at radius 2 is 2.25 bits per heavy atom. The quantitative estimate of drug-likeness (QED) is 0.501. The molecule has 5 heteroatoms. The van der Waals surface area contributed by atoms with Gasteiger partial charge in [-0.1, -0.05) is 6.58 Å². The van der Waals surface area contributed by atoms with Crippen LogP contribution in [0.4, 0.5) is 4.39 Å². The zero-order valence-electron chi connectivity index (χ0n) is 9.57. The molecule has 0 rings (SSSR count). The highest BCUT2D eigenvalue weighted by Gasteiger charge is 2.00. The van der Waals surface area contributed by atoms with E-state index >= 15 is 0 Å². The lowest BCUT2D eigenvalue weighted by atomic mass is 10.3. The number of hydrogen-bond donors (Lipinski definition) is 1. The van der Waals surface area contributed by atoms with Crippen molar-refractivity contribution in [1.29, 1.82) is 0 Å². The van der Waals surface area contributed by atoms with Gasteiger partial charge in [0.1, 0.15) is 6.33 Å². The van der Waals surface area contributed by atoms with Gasteiger partial charge in [0.05, 0.1) is 12.3 Å². The van der Waals surface area contributed by atoms with Gasteiger partial charge in [-0.25, -0.2) is 4.39 Å². The van der Waals surface area contributed by atoms with Crippen LogP contribution in [-0.2, 0) is 9.53 Å². The molecule has 0 bridgehead atoms. The molecule has 0 aromatic carbocycles. The second-order valence-electron chi connectivity index (χ2n) is 3.07. The summed E-state index contributed by atoms with van der Waals surface area (Å²) < 4.78 is 17.4. The number of likely N-dealkylation sites (N-methyl/N-ethyl adjacent to an activating group) is 1. The molecule has 0 fully saturated rings. The SMILES string of the molecule is C=C(/C=C\C(=C\F)N(C)CCOC)NC=O. The Bertz CT molecular complexity index is 288. The first-order valence-corrected chi connectivity index (χ1v) is 4.73. The maximum atomic E-state index is 12.6. The molecule has 16 heavy (non-hydrogen) atoms. The van der Waals surface area contributed by atoms with Crippen LogP contribution >= 0.6 is 0 Å². The van der Waals surface area contributed by atoms with E-state index < -0.39 is 0 Å². The van der Waals surface area contributed by atoms with Crippen molar-refractivity contribution in [3.63, 3.8) is 0 Å². The van der Waals surface area contributed by atoms with Crippen molar-refractivity contribution >= 4 is 6.41 Å². The number of rotatable bonds is 8. The predicted octanol–water partition coefficient (Wildman–Crippen LogP) is 1.19. The van der Waals surface area contributed by atoms with Crippen molar-refractivity contribution in [2.75, 3.05) is 27.3 Å². The minimum absolute atomic E-state index is 0.380. The molecule has 4 nitrogen and oxygen atoms in total. The zero-order valence-corrected chi connectivity index (χ0v) is 9.57. The number of ether oxygens (including phenoxy) is 1. The number of carbonyl (C=O) groups excluding carboxylic acids is 1. The summed E-state index contributed by atoms with van der Waals surface area (Å²) in [4.78, 5) is 11.8. The number of carbonyl (C=O) groups is 1. The van der Waals surface area contributed by atoms with Crippen molar-refractivity contribution in [3.8, 4) is 0 Å². The number of nitrogens with zero attached hydrogens (tertiary/aromatic N) is 1. The van der Waals surface area contributed by atoms with E-state index in [0.717, 1.165) is 0 Å². The number of halogens is 1. The van der Waals surface area contributed by atoms with Gasteiger partial charge < -0.3 is 15.0 Å². The van der Waals surface area contributed by atoms with Crippen LogP contribution in [0, 0.1) is 0 Å². The van der Waals surface area contributed by atoms with Gasteiger partial charge in [0.15, 0.2) is 0 Å². The fourth-order valence-corrected chi connectivity index (χ4v) is 0.914. The third-order valence-corrected chi connectivity index (χ3v) is 1.88. The van der Waals surface area contributed by atoms with Gasteiger partial charge in [-0.15, -0.1) is 0 Å². The molecule has 1 amide bonds. The molecule has 0 unspecified atom stereocenters. The number of nitrogens with one attached hydrogen (secondary N) is 1. The van der Waals surface area contributed by atoms with Crippen LogP contribution < -0.4 is 5.32 Å². The summed E-state index contributed by atoms with van der Waals surface area (Å²) in [6, 6.07) is 0. The van der Waals surface area contributed by atoms with Gasteiger partial charge in [-0.3, -0.25) is 4.79 Å². The summed E-state index contributed by atoms with van der Waals surface area (Å²) >= 11 is 0. The molecule has 0 saturated heterocycles. The lowest BCUT2D eigenvalue weighted by Gasteiger charge is -2.18. The molecular weight excluding hydrogens is 211 g/mol. The third kappa shape index (κ3) is 5.98. The van der Waals surface area contributed by atoms with Crippen molar-refractivity contribution in [2.24, 2.45) is 0 Å². The Balaban J connectivity index is 4.29. The third-order valence-electron chi connectivity index (χ3n) is 1.88. The molecular formula is C11H17FN2O2. The van der Waals surface area contributed by atoms with Crippen LogP contribution in [0.15, 0.2) is 36.5 Å². The van der Waals surface area contributed by atoms with Gasteiger partial charge in [0.2, 0.25) is 6.41 Å². The summed E-state index contributed by atoms with van der Waals surface area (Å²) in [5.74, 6) is 0. The number of amides is 1. The van der Waals surface area contributed by atoms with Crippen LogP contribution in [-0.4, -0.2) is 38.6 Å². The highest BCUT2D eigenvalue weighted by molar-refractivity contribution is 5.51. The molecule has 90 valence electrons. The molecule has 0 aliphatic rings. The maximum absolute atomic E-state index is 12.6. The van der Waals surface area contributed by atoms with E-state index in [1.165, 1.54) is 12.2 Å². The minimum atomic E-state index is 0.380. The molecule has 0 radical (unpaired) electrons. The lowest BCUT2D eigenvalue weighted by Crippen LogP contribution is -2.21. The number of methoxy groups -OCH3 is 1. The van der Waals surface area contributed by atoms with E-state index in [4.69, 9.17) is 4.74 Å². The smallest absolute Gasteiger partial charge is 0.211 e. The van der Waals surface area contributed by atoms with Crippen LogP contribution in [0.1, 0.15) is 0 Å². The van der Waals surface area contributed by atoms with Gasteiger partial charge >= 0.3 is 0 Å². The maximum Gasteiger partial charge on any atom is 0.211 e. The van der Waals surface area contributed by atoms with Gasteiger partial charge in [-0.2, -0.15) is 0 Å². The minimum Gasteiger partial charge on any atom is -0.383 e. The zero-order chi connectivity index (χ0) is 12.4. The Morgan fingerprint density at radius 1 is 1.56 bits per heavy atom. The summed E-state index contributed by atoms with van der Waals surface area (Å²) in [6.45, 7) is 4.63. The van der Waals surface area contributed by atoms with Crippen molar-refractivity contribution < 1.29 is 13.9 Å². The van der Waals surface area contributed by atoms with E-state index in [-0.39, 0.29) is 0 Å². The topological polar surface area (TPSA) is 41.6 Å². The second kappa shape index (κ2) is 8.67. The first-order chi connectivity index (χ1) is 7.65. The standard InChI is InChI=1S/C11H17FN2O2/c1-10(13-9-15)4-5-11(8-12)14(2)6-7-16-3/h4-5,8-9H,1,6-7H2,2-3H3,(H,13,15)/b5-4-,11-8-. The highest BCUT2D eigenvalue weighted by Crippen LogP contribution is 2.05. The van der Waals surface area contributed by atoms with Crippen molar-refractivity contribution in [2.45, 2.75) is 0 Å². The molecule has 0 aromatic rings. The van der Waals surface area contributed by atoms with Crippen molar-refractivity contribution in [1.82, 2.24) is 10.2 Å². The number of allylic oxidation sites excluding steroid dienone is 2. The summed E-state index contributed by atoms with van der Waals surface area (Å²) in [7, 11) is 3.32. The summed E-state index contributed by atoms with van der Waals surface area (Å²) in [5.41, 5.74) is 0.778. The van der Waals surface area contributed by atoms with Gasteiger partial charge in [0.25, 0.3) is 0 Å². The summed E-state index contributed by atoms with van der Waals surface area (Å²) in [5, 5.41) is 2.35.